The van der Waals surface area contributed by atoms with Crippen molar-refractivity contribution in [1.82, 2.24) is 5.32 Å². The first-order valence-corrected chi connectivity index (χ1v) is 6.99. The van der Waals surface area contributed by atoms with Crippen LogP contribution in [0.5, 0.6) is 5.75 Å². The van der Waals surface area contributed by atoms with Crippen LogP contribution in [0.1, 0.15) is 42.3 Å². The average molecular weight is 293 g/mol. The summed E-state index contributed by atoms with van der Waals surface area (Å²) in [6, 6.07) is 3.16. The Balaban J connectivity index is 2.72. The Morgan fingerprint density at radius 1 is 1.19 bits per heavy atom. The molecule has 0 aromatic heterocycles. The second kappa shape index (κ2) is 7.11. The average Bonchev–Trinajstić information content (AvgIpc) is 2.37. The lowest BCUT2D eigenvalue weighted by Gasteiger charge is -2.18. The largest absolute Gasteiger partial charge is 0.483 e. The van der Waals surface area contributed by atoms with Crippen molar-refractivity contribution in [2.75, 3.05) is 6.61 Å². The smallest absolute Gasteiger partial charge is 0.335 e. The molecule has 0 aliphatic rings. The number of aromatic carboxylic acids is 1. The summed E-state index contributed by atoms with van der Waals surface area (Å²) >= 11 is 0. The van der Waals surface area contributed by atoms with Crippen LogP contribution in [0.15, 0.2) is 12.1 Å². The third kappa shape index (κ3) is 4.77. The van der Waals surface area contributed by atoms with Crippen LogP contribution in [0, 0.1) is 19.8 Å². The van der Waals surface area contributed by atoms with E-state index in [0.29, 0.717) is 22.8 Å². The number of aryl methyl sites for hydroxylation is 2. The molecule has 5 heteroatoms. The molecule has 1 unspecified atom stereocenters. The highest BCUT2D eigenvalue weighted by Gasteiger charge is 2.14. The molecule has 0 radical (unpaired) electrons. The Morgan fingerprint density at radius 2 is 1.71 bits per heavy atom. The van der Waals surface area contributed by atoms with Crippen LogP contribution in [-0.4, -0.2) is 29.6 Å². The van der Waals surface area contributed by atoms with Gasteiger partial charge in [0.2, 0.25) is 0 Å². The summed E-state index contributed by atoms with van der Waals surface area (Å²) in [5.74, 6) is -0.242. The fourth-order valence-electron chi connectivity index (χ4n) is 1.90. The van der Waals surface area contributed by atoms with Crippen LogP contribution >= 0.6 is 0 Å². The molecule has 0 heterocycles. The molecule has 0 fully saturated rings. The first-order valence-electron chi connectivity index (χ1n) is 6.99. The molecule has 21 heavy (non-hydrogen) atoms. The van der Waals surface area contributed by atoms with E-state index in [4.69, 9.17) is 9.84 Å². The molecule has 1 atom stereocenters. The van der Waals surface area contributed by atoms with E-state index in [9.17, 15) is 9.59 Å². The molecule has 5 nitrogen and oxygen atoms in total. The number of carboxylic acids is 1. The number of rotatable bonds is 6. The lowest BCUT2D eigenvalue weighted by molar-refractivity contribution is -0.124. The van der Waals surface area contributed by atoms with Gasteiger partial charge < -0.3 is 15.2 Å². The molecule has 0 spiro atoms. The van der Waals surface area contributed by atoms with Crippen molar-refractivity contribution in [3.8, 4) is 5.75 Å². The van der Waals surface area contributed by atoms with Gasteiger partial charge in [0.25, 0.3) is 5.91 Å². The van der Waals surface area contributed by atoms with Gasteiger partial charge in [0, 0.05) is 6.04 Å². The molecule has 1 amide bonds. The maximum atomic E-state index is 11.8. The third-order valence-electron chi connectivity index (χ3n) is 3.44. The van der Waals surface area contributed by atoms with Gasteiger partial charge in [0.15, 0.2) is 6.61 Å². The van der Waals surface area contributed by atoms with Crippen molar-refractivity contribution in [3.05, 3.63) is 28.8 Å². The van der Waals surface area contributed by atoms with Gasteiger partial charge in [0.1, 0.15) is 5.75 Å². The van der Waals surface area contributed by atoms with E-state index in [1.165, 1.54) is 0 Å². The van der Waals surface area contributed by atoms with Crippen LogP contribution in [0.3, 0.4) is 0 Å². The minimum Gasteiger partial charge on any atom is -0.483 e. The van der Waals surface area contributed by atoms with Crippen molar-refractivity contribution in [1.29, 1.82) is 0 Å². The molecule has 0 aliphatic heterocycles. The Morgan fingerprint density at radius 3 is 2.14 bits per heavy atom. The summed E-state index contributed by atoms with van der Waals surface area (Å²) < 4.78 is 5.54. The van der Waals surface area contributed by atoms with Crippen LogP contribution < -0.4 is 10.1 Å². The predicted octanol–water partition coefficient (Wildman–Crippen LogP) is 2.54. The highest BCUT2D eigenvalue weighted by atomic mass is 16.5. The SMILES string of the molecule is Cc1cc(C(=O)O)cc(C)c1OCC(=O)NC(C)C(C)C. The van der Waals surface area contributed by atoms with Crippen molar-refractivity contribution in [2.45, 2.75) is 40.7 Å². The van der Waals surface area contributed by atoms with E-state index in [1.54, 1.807) is 26.0 Å². The lowest BCUT2D eigenvalue weighted by atomic mass is 10.1. The second-order valence-corrected chi connectivity index (χ2v) is 5.63. The maximum absolute atomic E-state index is 11.8. The molecular weight excluding hydrogens is 270 g/mol. The number of carboxylic acid groups (broad SMARTS) is 1. The summed E-state index contributed by atoms with van der Waals surface area (Å²) in [7, 11) is 0. The second-order valence-electron chi connectivity index (χ2n) is 5.63. The lowest BCUT2D eigenvalue weighted by Crippen LogP contribution is -2.39. The summed E-state index contributed by atoms with van der Waals surface area (Å²) in [5, 5.41) is 11.8. The Kier molecular flexibility index (Phi) is 5.76. The molecule has 2 N–H and O–H groups in total. The van der Waals surface area contributed by atoms with Gasteiger partial charge in [-0.25, -0.2) is 4.79 Å². The van der Waals surface area contributed by atoms with Gasteiger partial charge >= 0.3 is 5.97 Å². The van der Waals surface area contributed by atoms with E-state index in [2.05, 4.69) is 5.32 Å². The highest BCUT2D eigenvalue weighted by molar-refractivity contribution is 5.88. The number of benzene rings is 1. The van der Waals surface area contributed by atoms with E-state index in [0.717, 1.165) is 0 Å². The molecule has 0 aliphatic carbocycles. The van der Waals surface area contributed by atoms with Crippen LogP contribution in [0.2, 0.25) is 0 Å². The minimum atomic E-state index is -0.976. The topological polar surface area (TPSA) is 75.6 Å². The first kappa shape index (κ1) is 17.0. The normalized spacial score (nSPS) is 12.1. The molecule has 1 rings (SSSR count). The Hall–Kier alpha value is -2.04. The first-order chi connectivity index (χ1) is 9.72. The third-order valence-corrected chi connectivity index (χ3v) is 3.44. The van der Waals surface area contributed by atoms with Gasteiger partial charge in [-0.05, 0) is 49.9 Å². The van der Waals surface area contributed by atoms with Crippen molar-refractivity contribution < 1.29 is 19.4 Å². The fourth-order valence-corrected chi connectivity index (χ4v) is 1.90. The Labute approximate surface area is 125 Å². The highest BCUT2D eigenvalue weighted by Crippen LogP contribution is 2.24. The zero-order valence-electron chi connectivity index (χ0n) is 13.2. The summed E-state index contributed by atoms with van der Waals surface area (Å²) in [5.41, 5.74) is 1.63. The van der Waals surface area contributed by atoms with Crippen LogP contribution in [0.4, 0.5) is 0 Å². The number of nitrogens with one attached hydrogen (secondary N) is 1. The molecular formula is C16H23NO4. The van der Waals surface area contributed by atoms with Crippen molar-refractivity contribution in [3.63, 3.8) is 0 Å². The zero-order valence-corrected chi connectivity index (χ0v) is 13.2. The van der Waals surface area contributed by atoms with Crippen molar-refractivity contribution in [2.24, 2.45) is 5.92 Å². The van der Waals surface area contributed by atoms with Crippen LogP contribution in [0.25, 0.3) is 0 Å². The summed E-state index contributed by atoms with van der Waals surface area (Å²) in [4.78, 5) is 22.8. The zero-order chi connectivity index (χ0) is 16.2. The maximum Gasteiger partial charge on any atom is 0.335 e. The summed E-state index contributed by atoms with van der Waals surface area (Å²) in [6.07, 6.45) is 0. The van der Waals surface area contributed by atoms with E-state index >= 15 is 0 Å². The van der Waals surface area contributed by atoms with Gasteiger partial charge in [-0.3, -0.25) is 4.79 Å². The van der Waals surface area contributed by atoms with Crippen molar-refractivity contribution >= 4 is 11.9 Å². The number of carbonyl (C=O) groups is 2. The number of ether oxygens (including phenoxy) is 1. The minimum absolute atomic E-state index is 0.0782. The molecule has 116 valence electrons. The Bertz CT molecular complexity index is 514. The van der Waals surface area contributed by atoms with E-state index < -0.39 is 5.97 Å². The number of hydrogen-bond acceptors (Lipinski definition) is 3. The predicted molar refractivity (Wildman–Crippen MR) is 80.8 cm³/mol. The van der Waals surface area contributed by atoms with Gasteiger partial charge in [-0.15, -0.1) is 0 Å². The fraction of sp³-hybridized carbons (Fsp3) is 0.500. The standard InChI is InChI=1S/C16H23NO4/c1-9(2)12(5)17-14(18)8-21-15-10(3)6-13(16(19)20)7-11(15)4/h6-7,9,12H,8H2,1-5H3,(H,17,18)(H,19,20). The molecule has 1 aromatic carbocycles. The number of hydrogen-bond donors (Lipinski definition) is 2. The molecule has 0 bridgehead atoms. The summed E-state index contributed by atoms with van der Waals surface area (Å²) in [6.45, 7) is 9.47. The molecule has 0 saturated heterocycles. The van der Waals surface area contributed by atoms with Crippen LogP contribution in [-0.2, 0) is 4.79 Å². The molecule has 1 aromatic rings. The van der Waals surface area contributed by atoms with Gasteiger partial charge in [-0.1, -0.05) is 13.8 Å². The van der Waals surface area contributed by atoms with E-state index in [1.807, 2.05) is 20.8 Å². The van der Waals surface area contributed by atoms with E-state index in [-0.39, 0.29) is 24.1 Å². The number of amides is 1. The number of carbonyl (C=O) groups excluding carboxylic acids is 1. The van der Waals surface area contributed by atoms with Gasteiger partial charge in [-0.2, -0.15) is 0 Å². The molecule has 0 saturated carbocycles. The monoisotopic (exact) mass is 293 g/mol. The quantitative estimate of drug-likeness (QED) is 0.845. The van der Waals surface area contributed by atoms with Gasteiger partial charge in [0.05, 0.1) is 5.56 Å².